The van der Waals surface area contributed by atoms with Gasteiger partial charge in [0.15, 0.2) is 4.80 Å². The van der Waals surface area contributed by atoms with Crippen LogP contribution in [0.25, 0.3) is 11.3 Å². The standard InChI is InChI=1S/C24H25FN4S/c1-18(2)19-6-10-22(11-7-19)27-24-29(14-3-13-28-15-12-26-17-28)23(16-30-24)20-4-8-21(25)9-5-20/h4-12,15-18H,3,13-14H2,1-2H3. The van der Waals surface area contributed by atoms with Crippen molar-refractivity contribution in [1.82, 2.24) is 14.1 Å². The molecule has 4 aromatic rings. The molecule has 0 fully saturated rings. The third-order valence-electron chi connectivity index (χ3n) is 5.08. The lowest BCUT2D eigenvalue weighted by atomic mass is 10.0. The molecule has 0 radical (unpaired) electrons. The van der Waals surface area contributed by atoms with Crippen molar-refractivity contribution < 1.29 is 4.39 Å². The lowest BCUT2D eigenvalue weighted by Crippen LogP contribution is -2.17. The SMILES string of the molecule is CC(C)c1ccc(N=c2scc(-c3ccc(F)cc3)n2CCCn2ccnc2)cc1. The quantitative estimate of drug-likeness (QED) is 0.361. The molecule has 2 aromatic carbocycles. The topological polar surface area (TPSA) is 35.1 Å². The van der Waals surface area contributed by atoms with Crippen molar-refractivity contribution in [3.05, 3.63) is 88.8 Å². The van der Waals surface area contributed by atoms with Crippen molar-refractivity contribution in [2.24, 2.45) is 4.99 Å². The van der Waals surface area contributed by atoms with Crippen LogP contribution in [0.1, 0.15) is 31.7 Å². The highest BCUT2D eigenvalue weighted by Gasteiger charge is 2.09. The smallest absolute Gasteiger partial charge is 0.190 e. The normalized spacial score (nSPS) is 12.1. The van der Waals surface area contributed by atoms with Crippen LogP contribution in [0.3, 0.4) is 0 Å². The van der Waals surface area contributed by atoms with Crippen LogP contribution in [0.15, 0.2) is 77.6 Å². The van der Waals surface area contributed by atoms with E-state index in [0.717, 1.165) is 41.3 Å². The zero-order chi connectivity index (χ0) is 20.9. The van der Waals surface area contributed by atoms with Crippen LogP contribution in [-0.4, -0.2) is 14.1 Å². The molecule has 0 saturated carbocycles. The van der Waals surface area contributed by atoms with Gasteiger partial charge in [-0.05, 0) is 59.9 Å². The average Bonchev–Trinajstić information content (AvgIpc) is 3.40. The number of halogens is 1. The minimum absolute atomic E-state index is 0.226. The fourth-order valence-corrected chi connectivity index (χ4v) is 4.32. The molecule has 0 atom stereocenters. The van der Waals surface area contributed by atoms with Crippen molar-refractivity contribution in [2.45, 2.75) is 39.3 Å². The Balaban J connectivity index is 1.67. The Morgan fingerprint density at radius 3 is 2.47 bits per heavy atom. The first-order chi connectivity index (χ1) is 14.6. The molecule has 0 aliphatic heterocycles. The summed E-state index contributed by atoms with van der Waals surface area (Å²) in [5.74, 6) is 0.273. The summed E-state index contributed by atoms with van der Waals surface area (Å²) >= 11 is 1.61. The van der Waals surface area contributed by atoms with E-state index < -0.39 is 0 Å². The second-order valence-corrected chi connectivity index (χ2v) is 8.41. The van der Waals surface area contributed by atoms with E-state index in [9.17, 15) is 4.39 Å². The van der Waals surface area contributed by atoms with Gasteiger partial charge in [0.25, 0.3) is 0 Å². The maximum atomic E-state index is 13.4. The zero-order valence-corrected chi connectivity index (χ0v) is 18.0. The molecule has 0 aliphatic carbocycles. The third-order valence-corrected chi connectivity index (χ3v) is 5.94. The van der Waals surface area contributed by atoms with Gasteiger partial charge < -0.3 is 9.13 Å². The Hall–Kier alpha value is -2.99. The highest BCUT2D eigenvalue weighted by atomic mass is 32.1. The number of aryl methyl sites for hydroxylation is 1. The number of thiazole rings is 1. The van der Waals surface area contributed by atoms with Crippen LogP contribution in [0.2, 0.25) is 0 Å². The first-order valence-electron chi connectivity index (χ1n) is 10.1. The van der Waals surface area contributed by atoms with Crippen molar-refractivity contribution >= 4 is 17.0 Å². The van der Waals surface area contributed by atoms with E-state index in [0.29, 0.717) is 5.92 Å². The van der Waals surface area contributed by atoms with E-state index in [4.69, 9.17) is 4.99 Å². The molecule has 0 bridgehead atoms. The molecular weight excluding hydrogens is 395 g/mol. The summed E-state index contributed by atoms with van der Waals surface area (Å²) in [5.41, 5.74) is 4.30. The van der Waals surface area contributed by atoms with Gasteiger partial charge in [-0.2, -0.15) is 0 Å². The first-order valence-corrected chi connectivity index (χ1v) is 11.0. The van der Waals surface area contributed by atoms with Gasteiger partial charge in [0, 0.05) is 30.9 Å². The predicted octanol–water partition coefficient (Wildman–Crippen LogP) is 6.00. The van der Waals surface area contributed by atoms with Gasteiger partial charge in [0.1, 0.15) is 5.82 Å². The molecular formula is C24H25FN4S. The average molecular weight is 421 g/mol. The van der Waals surface area contributed by atoms with Crippen molar-refractivity contribution in [3.8, 4) is 11.3 Å². The summed E-state index contributed by atoms with van der Waals surface area (Å²) in [4.78, 5) is 9.96. The van der Waals surface area contributed by atoms with Crippen molar-refractivity contribution in [1.29, 1.82) is 0 Å². The summed E-state index contributed by atoms with van der Waals surface area (Å²) in [6.07, 6.45) is 6.55. The maximum Gasteiger partial charge on any atom is 0.190 e. The minimum Gasteiger partial charge on any atom is -0.337 e. The van der Waals surface area contributed by atoms with Gasteiger partial charge in [-0.1, -0.05) is 26.0 Å². The maximum absolute atomic E-state index is 13.4. The van der Waals surface area contributed by atoms with Gasteiger partial charge in [0.05, 0.1) is 17.7 Å². The van der Waals surface area contributed by atoms with E-state index >= 15 is 0 Å². The largest absolute Gasteiger partial charge is 0.337 e. The monoisotopic (exact) mass is 420 g/mol. The molecule has 30 heavy (non-hydrogen) atoms. The van der Waals surface area contributed by atoms with E-state index in [2.05, 4.69) is 57.6 Å². The summed E-state index contributed by atoms with van der Waals surface area (Å²) < 4.78 is 17.7. The van der Waals surface area contributed by atoms with Gasteiger partial charge in [0.2, 0.25) is 0 Å². The lowest BCUT2D eigenvalue weighted by molar-refractivity contribution is 0.559. The molecule has 0 N–H and O–H groups in total. The Labute approximate surface area is 180 Å². The minimum atomic E-state index is -0.226. The van der Waals surface area contributed by atoms with Crippen LogP contribution in [-0.2, 0) is 13.1 Å². The summed E-state index contributed by atoms with van der Waals surface area (Å²) in [6.45, 7) is 6.08. The molecule has 2 aromatic heterocycles. The van der Waals surface area contributed by atoms with Crippen molar-refractivity contribution in [3.63, 3.8) is 0 Å². The van der Waals surface area contributed by atoms with Crippen molar-refractivity contribution in [2.75, 3.05) is 0 Å². The van der Waals surface area contributed by atoms with Gasteiger partial charge >= 0.3 is 0 Å². The predicted molar refractivity (Wildman–Crippen MR) is 120 cm³/mol. The second kappa shape index (κ2) is 9.22. The second-order valence-electron chi connectivity index (χ2n) is 7.57. The molecule has 4 rings (SSSR count). The molecule has 6 heteroatoms. The van der Waals surface area contributed by atoms with Crippen LogP contribution in [0.5, 0.6) is 0 Å². The van der Waals surface area contributed by atoms with Crippen LogP contribution in [0.4, 0.5) is 10.1 Å². The Morgan fingerprint density at radius 2 is 1.80 bits per heavy atom. The number of benzene rings is 2. The zero-order valence-electron chi connectivity index (χ0n) is 17.2. The van der Waals surface area contributed by atoms with Crippen LogP contribution < -0.4 is 4.80 Å². The number of hydrogen-bond acceptors (Lipinski definition) is 3. The lowest BCUT2D eigenvalue weighted by Gasteiger charge is -2.10. The third kappa shape index (κ3) is 4.76. The first kappa shape index (κ1) is 20.3. The number of hydrogen-bond donors (Lipinski definition) is 0. The van der Waals surface area contributed by atoms with Gasteiger partial charge in [-0.25, -0.2) is 14.4 Å². The number of nitrogens with zero attached hydrogens (tertiary/aromatic N) is 4. The Morgan fingerprint density at radius 1 is 1.03 bits per heavy atom. The molecule has 4 nitrogen and oxygen atoms in total. The molecule has 0 spiro atoms. The van der Waals surface area contributed by atoms with Crippen LogP contribution >= 0.6 is 11.3 Å². The van der Waals surface area contributed by atoms with Crippen LogP contribution in [0, 0.1) is 5.82 Å². The molecule has 0 unspecified atom stereocenters. The van der Waals surface area contributed by atoms with E-state index in [1.54, 1.807) is 17.5 Å². The fourth-order valence-electron chi connectivity index (χ4n) is 3.36. The molecule has 0 aliphatic rings. The Bertz CT molecular complexity index is 1140. The molecule has 0 saturated heterocycles. The summed E-state index contributed by atoms with van der Waals surface area (Å²) in [6, 6.07) is 15.1. The molecule has 0 amide bonds. The molecule has 154 valence electrons. The molecule has 2 heterocycles. The number of rotatable bonds is 7. The van der Waals surface area contributed by atoms with E-state index in [1.165, 1.54) is 17.7 Å². The fraction of sp³-hybridized carbons (Fsp3) is 0.250. The van der Waals surface area contributed by atoms with E-state index in [-0.39, 0.29) is 5.82 Å². The highest BCUT2D eigenvalue weighted by molar-refractivity contribution is 7.07. The Kier molecular flexibility index (Phi) is 6.23. The number of imidazole rings is 1. The number of aromatic nitrogens is 3. The summed E-state index contributed by atoms with van der Waals surface area (Å²) in [5, 5.41) is 2.10. The van der Waals surface area contributed by atoms with Gasteiger partial charge in [-0.15, -0.1) is 11.3 Å². The summed E-state index contributed by atoms with van der Waals surface area (Å²) in [7, 11) is 0. The van der Waals surface area contributed by atoms with Gasteiger partial charge in [-0.3, -0.25) is 0 Å². The van der Waals surface area contributed by atoms with E-state index in [1.807, 2.05) is 24.7 Å². The highest BCUT2D eigenvalue weighted by Crippen LogP contribution is 2.23.